The zero-order valence-electron chi connectivity index (χ0n) is 12.3. The van der Waals surface area contributed by atoms with Crippen molar-refractivity contribution in [1.82, 2.24) is 5.32 Å². The van der Waals surface area contributed by atoms with Crippen molar-refractivity contribution in [2.75, 3.05) is 13.2 Å². The van der Waals surface area contributed by atoms with Crippen LogP contribution >= 0.6 is 0 Å². The lowest BCUT2D eigenvalue weighted by atomic mass is 9.99. The molecule has 1 fully saturated rings. The summed E-state index contributed by atoms with van der Waals surface area (Å²) in [5, 5.41) is 2.78. The molecule has 1 atom stereocenters. The molecule has 2 rings (SSSR count). The van der Waals surface area contributed by atoms with E-state index in [4.69, 9.17) is 10.5 Å². The summed E-state index contributed by atoms with van der Waals surface area (Å²) in [6, 6.07) is 9.69. The van der Waals surface area contributed by atoms with Crippen LogP contribution in [0.25, 0.3) is 0 Å². The monoisotopic (exact) mass is 290 g/mol. The summed E-state index contributed by atoms with van der Waals surface area (Å²) in [7, 11) is 0. The number of esters is 1. The third-order valence-electron chi connectivity index (χ3n) is 3.69. The van der Waals surface area contributed by atoms with Gasteiger partial charge in [-0.25, -0.2) is 0 Å². The van der Waals surface area contributed by atoms with Gasteiger partial charge in [0.05, 0.1) is 18.1 Å². The first-order chi connectivity index (χ1) is 10.0. The van der Waals surface area contributed by atoms with Crippen molar-refractivity contribution in [3.8, 4) is 0 Å². The van der Waals surface area contributed by atoms with E-state index >= 15 is 0 Å². The van der Waals surface area contributed by atoms with E-state index < -0.39 is 11.5 Å². The fourth-order valence-corrected chi connectivity index (χ4v) is 2.15. The second kappa shape index (κ2) is 6.72. The average Bonchev–Trinajstić information content (AvgIpc) is 3.23. The number of carbonyl (C=O) groups excluding carboxylic acids is 2. The summed E-state index contributed by atoms with van der Waals surface area (Å²) in [5.41, 5.74) is 6.16. The number of ether oxygens (including phenoxy) is 1. The number of rotatable bonds is 7. The highest BCUT2D eigenvalue weighted by Gasteiger charge is 2.46. The van der Waals surface area contributed by atoms with Gasteiger partial charge in [0.15, 0.2) is 0 Å². The highest BCUT2D eigenvalue weighted by Crippen LogP contribution is 2.32. The highest BCUT2D eigenvalue weighted by molar-refractivity contribution is 5.89. The van der Waals surface area contributed by atoms with E-state index in [1.807, 2.05) is 30.3 Å². The lowest BCUT2D eigenvalue weighted by Gasteiger charge is -2.18. The van der Waals surface area contributed by atoms with Gasteiger partial charge in [-0.05, 0) is 31.7 Å². The Morgan fingerprint density at radius 1 is 1.33 bits per heavy atom. The molecule has 0 bridgehead atoms. The van der Waals surface area contributed by atoms with Gasteiger partial charge >= 0.3 is 5.97 Å². The SMILES string of the molecule is CCOC(=O)C(CNC(=O)C1(N)CC1)Cc1ccccc1. The molecule has 5 heteroatoms. The molecule has 0 radical (unpaired) electrons. The Labute approximate surface area is 124 Å². The van der Waals surface area contributed by atoms with Gasteiger partial charge in [0.25, 0.3) is 0 Å². The molecule has 0 aliphatic heterocycles. The lowest BCUT2D eigenvalue weighted by Crippen LogP contribution is -2.45. The quantitative estimate of drug-likeness (QED) is 0.735. The molecule has 0 aromatic heterocycles. The molecular formula is C16H22N2O3. The molecule has 0 saturated heterocycles. The maximum atomic E-state index is 12.0. The summed E-state index contributed by atoms with van der Waals surface area (Å²) in [4.78, 5) is 23.9. The van der Waals surface area contributed by atoms with E-state index in [0.717, 1.165) is 5.56 Å². The van der Waals surface area contributed by atoms with Crippen molar-refractivity contribution < 1.29 is 14.3 Å². The van der Waals surface area contributed by atoms with E-state index in [2.05, 4.69) is 5.32 Å². The Kier molecular flexibility index (Phi) is 4.96. The zero-order chi connectivity index (χ0) is 15.3. The van der Waals surface area contributed by atoms with Crippen molar-refractivity contribution in [2.45, 2.75) is 31.7 Å². The van der Waals surface area contributed by atoms with Crippen molar-refractivity contribution in [1.29, 1.82) is 0 Å². The first-order valence-electron chi connectivity index (χ1n) is 7.33. The molecule has 1 amide bonds. The van der Waals surface area contributed by atoms with Crippen LogP contribution in [0, 0.1) is 5.92 Å². The second-order valence-corrected chi connectivity index (χ2v) is 5.50. The molecule has 5 nitrogen and oxygen atoms in total. The van der Waals surface area contributed by atoms with Gasteiger partial charge in [-0.3, -0.25) is 9.59 Å². The molecule has 3 N–H and O–H groups in total. The molecule has 1 aliphatic carbocycles. The number of nitrogens with two attached hydrogens (primary N) is 1. The number of hydrogen-bond donors (Lipinski definition) is 2. The molecule has 1 saturated carbocycles. The largest absolute Gasteiger partial charge is 0.466 e. The first kappa shape index (κ1) is 15.5. The van der Waals surface area contributed by atoms with Crippen LogP contribution in [0.4, 0.5) is 0 Å². The van der Waals surface area contributed by atoms with Crippen LogP contribution in [0.5, 0.6) is 0 Å². The van der Waals surface area contributed by atoms with Crippen molar-refractivity contribution >= 4 is 11.9 Å². The smallest absolute Gasteiger partial charge is 0.311 e. The van der Waals surface area contributed by atoms with E-state index in [-0.39, 0.29) is 18.4 Å². The Bertz CT molecular complexity index is 498. The van der Waals surface area contributed by atoms with E-state index in [1.54, 1.807) is 6.92 Å². The predicted octanol–water partition coefficient (Wildman–Crippen LogP) is 1.02. The minimum absolute atomic E-state index is 0.176. The molecule has 21 heavy (non-hydrogen) atoms. The molecular weight excluding hydrogens is 268 g/mol. The number of benzene rings is 1. The van der Waals surface area contributed by atoms with Gasteiger partial charge in [0.2, 0.25) is 5.91 Å². The predicted molar refractivity (Wildman–Crippen MR) is 79.4 cm³/mol. The third kappa shape index (κ3) is 4.29. The van der Waals surface area contributed by atoms with E-state index in [9.17, 15) is 9.59 Å². The maximum Gasteiger partial charge on any atom is 0.311 e. The lowest BCUT2D eigenvalue weighted by molar-refractivity contribution is -0.147. The topological polar surface area (TPSA) is 81.4 Å². The first-order valence-corrected chi connectivity index (χ1v) is 7.33. The Morgan fingerprint density at radius 2 is 2.00 bits per heavy atom. The molecule has 1 aromatic rings. The standard InChI is InChI=1S/C16H22N2O3/c1-2-21-14(19)13(10-12-6-4-3-5-7-12)11-18-15(20)16(17)8-9-16/h3-7,13H,2,8-11,17H2,1H3,(H,18,20). The van der Waals surface area contributed by atoms with Gasteiger partial charge < -0.3 is 15.8 Å². The van der Waals surface area contributed by atoms with E-state index in [1.165, 1.54) is 0 Å². The normalized spacial score (nSPS) is 16.9. The Morgan fingerprint density at radius 3 is 2.57 bits per heavy atom. The third-order valence-corrected chi connectivity index (χ3v) is 3.69. The van der Waals surface area contributed by atoms with Gasteiger partial charge in [-0.2, -0.15) is 0 Å². The van der Waals surface area contributed by atoms with Crippen LogP contribution in [0.15, 0.2) is 30.3 Å². The van der Waals surface area contributed by atoms with Crippen molar-refractivity contribution in [2.24, 2.45) is 11.7 Å². The van der Waals surface area contributed by atoms with E-state index in [0.29, 0.717) is 25.9 Å². The van der Waals surface area contributed by atoms with Crippen LogP contribution in [0.2, 0.25) is 0 Å². The maximum absolute atomic E-state index is 12.0. The summed E-state index contributed by atoms with van der Waals surface area (Å²) >= 11 is 0. The number of hydrogen-bond acceptors (Lipinski definition) is 4. The number of nitrogens with one attached hydrogen (secondary N) is 1. The van der Waals surface area contributed by atoms with Gasteiger partial charge in [-0.1, -0.05) is 30.3 Å². The molecule has 1 aromatic carbocycles. The summed E-state index contributed by atoms with van der Waals surface area (Å²) in [6.45, 7) is 2.36. The molecule has 0 spiro atoms. The second-order valence-electron chi connectivity index (χ2n) is 5.50. The average molecular weight is 290 g/mol. The summed E-state index contributed by atoms with van der Waals surface area (Å²) in [6.07, 6.45) is 1.96. The van der Waals surface area contributed by atoms with Crippen LogP contribution in [-0.2, 0) is 20.7 Å². The molecule has 1 unspecified atom stereocenters. The highest BCUT2D eigenvalue weighted by atomic mass is 16.5. The molecule has 0 heterocycles. The summed E-state index contributed by atoms with van der Waals surface area (Å²) < 4.78 is 5.09. The van der Waals surface area contributed by atoms with Crippen LogP contribution < -0.4 is 11.1 Å². The Balaban J connectivity index is 1.95. The minimum atomic E-state index is -0.716. The van der Waals surface area contributed by atoms with Gasteiger partial charge in [0.1, 0.15) is 0 Å². The zero-order valence-corrected chi connectivity index (χ0v) is 12.3. The van der Waals surface area contributed by atoms with Crippen molar-refractivity contribution in [3.63, 3.8) is 0 Å². The van der Waals surface area contributed by atoms with Gasteiger partial charge in [0, 0.05) is 6.54 Å². The van der Waals surface area contributed by atoms with Crippen LogP contribution in [-0.4, -0.2) is 30.6 Å². The van der Waals surface area contributed by atoms with Crippen LogP contribution in [0.1, 0.15) is 25.3 Å². The number of amides is 1. The molecule has 1 aliphatic rings. The van der Waals surface area contributed by atoms with Crippen LogP contribution in [0.3, 0.4) is 0 Å². The summed E-state index contributed by atoms with van der Waals surface area (Å²) in [5.74, 6) is -0.855. The minimum Gasteiger partial charge on any atom is -0.466 e. The Hall–Kier alpha value is -1.88. The van der Waals surface area contributed by atoms with Crippen molar-refractivity contribution in [3.05, 3.63) is 35.9 Å². The fourth-order valence-electron chi connectivity index (χ4n) is 2.15. The number of carbonyl (C=O) groups is 2. The molecule has 114 valence electrons. The van der Waals surface area contributed by atoms with Gasteiger partial charge in [-0.15, -0.1) is 0 Å². The fraction of sp³-hybridized carbons (Fsp3) is 0.500.